The third kappa shape index (κ3) is 3.20. The first-order valence-corrected chi connectivity index (χ1v) is 6.86. The van der Waals surface area contributed by atoms with Crippen molar-refractivity contribution >= 4 is 34.8 Å². The molecule has 19 heavy (non-hydrogen) atoms. The molecule has 0 bridgehead atoms. The standard InChI is InChI=1S/C14H14N2O2S/c1-19-11-5-3-10(4-6-11)16-13-8-9(15)2-7-12(13)14(17)18/h2-8,16H,15H2,1H3,(H,17,18). The average molecular weight is 274 g/mol. The van der Waals surface area contributed by atoms with Crippen molar-refractivity contribution in [2.24, 2.45) is 0 Å². The van der Waals surface area contributed by atoms with Gasteiger partial charge in [0.1, 0.15) is 0 Å². The Bertz CT molecular complexity index is 597. The summed E-state index contributed by atoms with van der Waals surface area (Å²) < 4.78 is 0. The Morgan fingerprint density at radius 2 is 1.89 bits per heavy atom. The summed E-state index contributed by atoms with van der Waals surface area (Å²) in [5.41, 5.74) is 7.72. The van der Waals surface area contributed by atoms with E-state index in [1.54, 1.807) is 23.9 Å². The number of carbonyl (C=O) groups is 1. The molecule has 0 aliphatic heterocycles. The van der Waals surface area contributed by atoms with E-state index < -0.39 is 5.97 Å². The first kappa shape index (κ1) is 13.3. The van der Waals surface area contributed by atoms with E-state index in [1.807, 2.05) is 30.5 Å². The van der Waals surface area contributed by atoms with Crippen molar-refractivity contribution in [2.75, 3.05) is 17.3 Å². The third-order valence-electron chi connectivity index (χ3n) is 2.64. The second-order valence-corrected chi connectivity index (χ2v) is 4.84. The summed E-state index contributed by atoms with van der Waals surface area (Å²) in [5, 5.41) is 12.2. The topological polar surface area (TPSA) is 75.3 Å². The zero-order valence-electron chi connectivity index (χ0n) is 10.4. The van der Waals surface area contributed by atoms with Gasteiger partial charge in [-0.1, -0.05) is 0 Å². The van der Waals surface area contributed by atoms with Crippen LogP contribution in [-0.4, -0.2) is 17.3 Å². The van der Waals surface area contributed by atoms with Gasteiger partial charge in [-0.05, 0) is 48.7 Å². The first-order chi connectivity index (χ1) is 9.10. The van der Waals surface area contributed by atoms with Gasteiger partial charge in [0, 0.05) is 16.3 Å². The van der Waals surface area contributed by atoms with Crippen molar-refractivity contribution in [3.63, 3.8) is 0 Å². The van der Waals surface area contributed by atoms with E-state index >= 15 is 0 Å². The van der Waals surface area contributed by atoms with Crippen LogP contribution in [0.15, 0.2) is 47.4 Å². The molecule has 5 heteroatoms. The molecular weight excluding hydrogens is 260 g/mol. The lowest BCUT2D eigenvalue weighted by Gasteiger charge is -2.10. The molecular formula is C14H14N2O2S. The number of hydrogen-bond acceptors (Lipinski definition) is 4. The van der Waals surface area contributed by atoms with Crippen LogP contribution in [0.1, 0.15) is 10.4 Å². The van der Waals surface area contributed by atoms with E-state index in [0.717, 1.165) is 10.6 Å². The Hall–Kier alpha value is -2.14. The molecule has 4 N–H and O–H groups in total. The van der Waals surface area contributed by atoms with Crippen molar-refractivity contribution < 1.29 is 9.90 Å². The van der Waals surface area contributed by atoms with Gasteiger partial charge in [-0.3, -0.25) is 0 Å². The predicted octanol–water partition coefficient (Wildman–Crippen LogP) is 3.43. The second-order valence-electron chi connectivity index (χ2n) is 3.96. The van der Waals surface area contributed by atoms with Crippen molar-refractivity contribution in [1.29, 1.82) is 0 Å². The smallest absolute Gasteiger partial charge is 0.337 e. The highest BCUT2D eigenvalue weighted by Crippen LogP contribution is 2.25. The molecule has 0 spiro atoms. The second kappa shape index (κ2) is 5.67. The van der Waals surface area contributed by atoms with Crippen LogP contribution < -0.4 is 11.1 Å². The molecule has 4 nitrogen and oxygen atoms in total. The van der Waals surface area contributed by atoms with Gasteiger partial charge >= 0.3 is 5.97 Å². The summed E-state index contributed by atoms with van der Waals surface area (Å²) in [4.78, 5) is 12.3. The largest absolute Gasteiger partial charge is 0.478 e. The number of carboxylic acids is 1. The van der Waals surface area contributed by atoms with Crippen LogP contribution in [0, 0.1) is 0 Å². The van der Waals surface area contributed by atoms with Gasteiger partial charge in [0.15, 0.2) is 0 Å². The Labute approximate surface area is 115 Å². The van der Waals surface area contributed by atoms with E-state index in [2.05, 4.69) is 5.32 Å². The van der Waals surface area contributed by atoms with Gasteiger partial charge in [0.2, 0.25) is 0 Å². The Balaban J connectivity index is 2.31. The number of anilines is 3. The fraction of sp³-hybridized carbons (Fsp3) is 0.0714. The minimum atomic E-state index is -0.983. The van der Waals surface area contributed by atoms with Gasteiger partial charge in [-0.25, -0.2) is 4.79 Å². The summed E-state index contributed by atoms with van der Waals surface area (Å²) in [6.07, 6.45) is 2.00. The lowest BCUT2D eigenvalue weighted by molar-refractivity contribution is 0.0698. The Morgan fingerprint density at radius 3 is 2.47 bits per heavy atom. The van der Waals surface area contributed by atoms with E-state index in [-0.39, 0.29) is 5.56 Å². The number of nitrogen functional groups attached to an aromatic ring is 1. The molecule has 0 radical (unpaired) electrons. The Kier molecular flexibility index (Phi) is 3.97. The molecule has 0 aliphatic carbocycles. The molecule has 0 saturated heterocycles. The SMILES string of the molecule is CSc1ccc(Nc2cc(N)ccc2C(=O)O)cc1. The van der Waals surface area contributed by atoms with Gasteiger partial charge in [-0.2, -0.15) is 0 Å². The number of aromatic carboxylic acids is 1. The van der Waals surface area contributed by atoms with Crippen molar-refractivity contribution in [3.05, 3.63) is 48.0 Å². The molecule has 98 valence electrons. The number of nitrogens with two attached hydrogens (primary N) is 1. The molecule has 0 amide bonds. The molecule has 2 aromatic carbocycles. The summed E-state index contributed by atoms with van der Waals surface area (Å²) in [7, 11) is 0. The minimum Gasteiger partial charge on any atom is -0.478 e. The molecule has 2 rings (SSSR count). The number of thioether (sulfide) groups is 1. The zero-order chi connectivity index (χ0) is 13.8. The maximum atomic E-state index is 11.1. The molecule has 0 aromatic heterocycles. The van der Waals surface area contributed by atoms with Crippen LogP contribution in [0.2, 0.25) is 0 Å². The Morgan fingerprint density at radius 1 is 1.21 bits per heavy atom. The third-order valence-corrected chi connectivity index (χ3v) is 3.39. The van der Waals surface area contributed by atoms with Gasteiger partial charge in [0.05, 0.1) is 11.3 Å². The van der Waals surface area contributed by atoms with Crippen LogP contribution in [-0.2, 0) is 0 Å². The van der Waals surface area contributed by atoms with E-state index in [4.69, 9.17) is 10.8 Å². The molecule has 0 saturated carbocycles. The fourth-order valence-electron chi connectivity index (χ4n) is 1.68. The number of benzene rings is 2. The van der Waals surface area contributed by atoms with Crippen molar-refractivity contribution in [2.45, 2.75) is 4.90 Å². The molecule has 0 atom stereocenters. The molecule has 0 aliphatic rings. The monoisotopic (exact) mass is 274 g/mol. The highest BCUT2D eigenvalue weighted by Gasteiger charge is 2.10. The van der Waals surface area contributed by atoms with Crippen LogP contribution in [0.5, 0.6) is 0 Å². The summed E-state index contributed by atoms with van der Waals surface area (Å²) in [5.74, 6) is -0.983. The highest BCUT2D eigenvalue weighted by molar-refractivity contribution is 7.98. The summed E-state index contributed by atoms with van der Waals surface area (Å²) in [6, 6.07) is 12.4. The van der Waals surface area contributed by atoms with E-state index in [1.165, 1.54) is 6.07 Å². The van der Waals surface area contributed by atoms with Crippen molar-refractivity contribution in [1.82, 2.24) is 0 Å². The van der Waals surface area contributed by atoms with Crippen LogP contribution in [0.3, 0.4) is 0 Å². The first-order valence-electron chi connectivity index (χ1n) is 5.64. The van der Waals surface area contributed by atoms with Crippen LogP contribution >= 0.6 is 11.8 Å². The fourth-order valence-corrected chi connectivity index (χ4v) is 2.09. The molecule has 0 unspecified atom stereocenters. The number of carboxylic acid groups (broad SMARTS) is 1. The van der Waals surface area contributed by atoms with Crippen LogP contribution in [0.4, 0.5) is 17.1 Å². The summed E-state index contributed by atoms with van der Waals surface area (Å²) >= 11 is 1.65. The predicted molar refractivity (Wildman–Crippen MR) is 79.3 cm³/mol. The average Bonchev–Trinajstić information content (AvgIpc) is 2.39. The van der Waals surface area contributed by atoms with Gasteiger partial charge < -0.3 is 16.2 Å². The normalized spacial score (nSPS) is 10.2. The lowest BCUT2D eigenvalue weighted by atomic mass is 10.1. The number of hydrogen-bond donors (Lipinski definition) is 3. The number of rotatable bonds is 4. The van der Waals surface area contributed by atoms with Gasteiger partial charge in [-0.15, -0.1) is 11.8 Å². The maximum Gasteiger partial charge on any atom is 0.337 e. The number of nitrogens with one attached hydrogen (secondary N) is 1. The highest BCUT2D eigenvalue weighted by atomic mass is 32.2. The quantitative estimate of drug-likeness (QED) is 0.588. The molecule has 2 aromatic rings. The molecule has 0 fully saturated rings. The van der Waals surface area contributed by atoms with Crippen molar-refractivity contribution in [3.8, 4) is 0 Å². The van der Waals surface area contributed by atoms with E-state index in [9.17, 15) is 4.79 Å². The minimum absolute atomic E-state index is 0.197. The molecule has 0 heterocycles. The van der Waals surface area contributed by atoms with E-state index in [0.29, 0.717) is 11.4 Å². The van der Waals surface area contributed by atoms with Gasteiger partial charge in [0.25, 0.3) is 0 Å². The van der Waals surface area contributed by atoms with Crippen LogP contribution in [0.25, 0.3) is 0 Å². The lowest BCUT2D eigenvalue weighted by Crippen LogP contribution is -2.03. The maximum absolute atomic E-state index is 11.1. The summed E-state index contributed by atoms with van der Waals surface area (Å²) in [6.45, 7) is 0. The zero-order valence-corrected chi connectivity index (χ0v) is 11.2.